The Morgan fingerprint density at radius 3 is 2.45 bits per heavy atom. The van der Waals surface area contributed by atoms with Gasteiger partial charge in [-0.05, 0) is 27.7 Å². The molecule has 108 valence electrons. The van der Waals surface area contributed by atoms with Gasteiger partial charge in [-0.25, -0.2) is 0 Å². The molecular weight excluding hydrogens is 254 g/mol. The zero-order valence-electron chi connectivity index (χ0n) is 12.7. The van der Waals surface area contributed by atoms with Gasteiger partial charge in [0.15, 0.2) is 0 Å². The van der Waals surface area contributed by atoms with Crippen molar-refractivity contribution in [2.24, 2.45) is 7.05 Å². The van der Waals surface area contributed by atoms with Crippen LogP contribution in [0.3, 0.4) is 0 Å². The summed E-state index contributed by atoms with van der Waals surface area (Å²) in [4.78, 5) is 12.3. The van der Waals surface area contributed by atoms with Crippen LogP contribution >= 0.6 is 0 Å². The van der Waals surface area contributed by atoms with Gasteiger partial charge in [-0.1, -0.05) is 0 Å². The van der Waals surface area contributed by atoms with Crippen LogP contribution in [0.2, 0.25) is 0 Å². The van der Waals surface area contributed by atoms with Crippen molar-refractivity contribution in [2.45, 2.75) is 40.8 Å². The lowest BCUT2D eigenvalue weighted by Gasteiger charge is -2.04. The zero-order chi connectivity index (χ0) is 14.9. The molecule has 0 fully saturated rings. The third kappa shape index (κ3) is 2.59. The van der Waals surface area contributed by atoms with Crippen LogP contribution in [0.4, 0.5) is 0 Å². The van der Waals surface area contributed by atoms with Crippen molar-refractivity contribution in [2.75, 3.05) is 0 Å². The molecule has 0 unspecified atom stereocenters. The molecule has 1 amide bonds. The summed E-state index contributed by atoms with van der Waals surface area (Å²) in [5.41, 5.74) is 4.28. The Morgan fingerprint density at radius 2 is 1.95 bits per heavy atom. The number of nitrogens with one attached hydrogen (secondary N) is 1. The summed E-state index contributed by atoms with van der Waals surface area (Å²) in [6, 6.07) is 0. The van der Waals surface area contributed by atoms with Gasteiger partial charge >= 0.3 is 0 Å². The van der Waals surface area contributed by atoms with Crippen molar-refractivity contribution in [3.63, 3.8) is 0 Å². The summed E-state index contributed by atoms with van der Waals surface area (Å²) < 4.78 is 3.60. The predicted molar refractivity (Wildman–Crippen MR) is 76.5 cm³/mol. The molecule has 0 aromatic carbocycles. The minimum atomic E-state index is -0.0863. The lowest BCUT2D eigenvalue weighted by molar-refractivity contribution is 0.0949. The summed E-state index contributed by atoms with van der Waals surface area (Å²) in [6.07, 6.45) is 1.97. The summed E-state index contributed by atoms with van der Waals surface area (Å²) in [5, 5.41) is 11.6. The number of nitrogens with zero attached hydrogens (tertiary/aromatic N) is 4. The molecule has 0 aliphatic rings. The van der Waals surface area contributed by atoms with E-state index in [2.05, 4.69) is 15.5 Å². The van der Waals surface area contributed by atoms with Crippen LogP contribution < -0.4 is 5.32 Å². The van der Waals surface area contributed by atoms with E-state index in [9.17, 15) is 4.79 Å². The molecule has 1 N–H and O–H groups in total. The molecule has 2 rings (SSSR count). The first-order valence-corrected chi connectivity index (χ1v) is 6.75. The fraction of sp³-hybridized carbons (Fsp3) is 0.500. The number of hydrogen-bond acceptors (Lipinski definition) is 3. The number of amides is 1. The second-order valence-corrected chi connectivity index (χ2v) is 4.95. The average molecular weight is 275 g/mol. The molecule has 0 spiro atoms. The molecule has 0 radical (unpaired) electrons. The van der Waals surface area contributed by atoms with Crippen LogP contribution in [0.5, 0.6) is 0 Å². The van der Waals surface area contributed by atoms with Gasteiger partial charge in [0.05, 0.1) is 17.0 Å². The van der Waals surface area contributed by atoms with Crippen molar-refractivity contribution < 1.29 is 4.79 Å². The minimum absolute atomic E-state index is 0.0863. The van der Waals surface area contributed by atoms with Crippen LogP contribution in [0.15, 0.2) is 6.20 Å². The minimum Gasteiger partial charge on any atom is -0.348 e. The molecule has 0 saturated heterocycles. The molecule has 2 heterocycles. The van der Waals surface area contributed by atoms with Crippen molar-refractivity contribution in [1.82, 2.24) is 24.9 Å². The maximum Gasteiger partial charge on any atom is 0.255 e. The van der Waals surface area contributed by atoms with Crippen molar-refractivity contribution in [1.29, 1.82) is 0 Å². The predicted octanol–water partition coefficient (Wildman–Crippen LogP) is 1.49. The highest BCUT2D eigenvalue weighted by Crippen LogP contribution is 2.12. The maximum atomic E-state index is 12.3. The number of carbonyl (C=O) groups is 1. The highest BCUT2D eigenvalue weighted by molar-refractivity contribution is 5.96. The van der Waals surface area contributed by atoms with E-state index in [4.69, 9.17) is 0 Å². The van der Waals surface area contributed by atoms with Crippen molar-refractivity contribution in [3.8, 4) is 0 Å². The SMILES string of the molecule is CCn1cc(CNC(=O)c2c(C)nn(C)c2C)c(C)n1. The smallest absolute Gasteiger partial charge is 0.255 e. The molecule has 0 aliphatic heterocycles. The van der Waals surface area contributed by atoms with Crippen molar-refractivity contribution >= 4 is 5.91 Å². The Hall–Kier alpha value is -2.11. The maximum absolute atomic E-state index is 12.3. The van der Waals surface area contributed by atoms with E-state index >= 15 is 0 Å². The Kier molecular flexibility index (Phi) is 3.92. The van der Waals surface area contributed by atoms with Gasteiger partial charge in [-0.2, -0.15) is 10.2 Å². The molecular formula is C14H21N5O. The van der Waals surface area contributed by atoms with Gasteiger partial charge in [0.25, 0.3) is 5.91 Å². The summed E-state index contributed by atoms with van der Waals surface area (Å²) >= 11 is 0. The van der Waals surface area contributed by atoms with E-state index in [1.165, 1.54) is 0 Å². The number of rotatable bonds is 4. The van der Waals surface area contributed by atoms with E-state index < -0.39 is 0 Å². The molecule has 0 aliphatic carbocycles. The first kappa shape index (κ1) is 14.3. The number of aromatic nitrogens is 4. The van der Waals surface area contributed by atoms with Crippen LogP contribution in [0.1, 0.15) is 39.9 Å². The number of carbonyl (C=O) groups excluding carboxylic acids is 1. The van der Waals surface area contributed by atoms with E-state index in [-0.39, 0.29) is 5.91 Å². The fourth-order valence-corrected chi connectivity index (χ4v) is 2.26. The molecule has 0 saturated carbocycles. The van der Waals surface area contributed by atoms with E-state index in [0.29, 0.717) is 12.1 Å². The molecule has 6 nitrogen and oxygen atoms in total. The largest absolute Gasteiger partial charge is 0.348 e. The Bertz CT molecular complexity index is 638. The van der Waals surface area contributed by atoms with Crippen LogP contribution in [-0.4, -0.2) is 25.5 Å². The second-order valence-electron chi connectivity index (χ2n) is 4.95. The standard InChI is InChI=1S/C14H21N5O/c1-6-19-8-12(9(2)17-19)7-15-14(20)13-10(3)16-18(5)11(13)4/h8H,6-7H2,1-5H3,(H,15,20). The molecule has 0 atom stereocenters. The third-order valence-electron chi connectivity index (χ3n) is 3.55. The highest BCUT2D eigenvalue weighted by Gasteiger charge is 2.17. The molecule has 20 heavy (non-hydrogen) atoms. The van der Waals surface area contributed by atoms with Gasteiger partial charge < -0.3 is 5.32 Å². The average Bonchev–Trinajstić information content (AvgIpc) is 2.88. The summed E-state index contributed by atoms with van der Waals surface area (Å²) in [5.74, 6) is -0.0863. The Labute approximate surface area is 118 Å². The Morgan fingerprint density at radius 1 is 1.25 bits per heavy atom. The van der Waals surface area contributed by atoms with Crippen LogP contribution in [-0.2, 0) is 20.1 Å². The molecule has 0 bridgehead atoms. The number of hydrogen-bond donors (Lipinski definition) is 1. The van der Waals surface area contributed by atoms with Crippen LogP contribution in [0, 0.1) is 20.8 Å². The summed E-state index contributed by atoms with van der Waals surface area (Å²) in [6.45, 7) is 9.05. The van der Waals surface area contributed by atoms with E-state index in [0.717, 1.165) is 29.2 Å². The third-order valence-corrected chi connectivity index (χ3v) is 3.55. The first-order chi connectivity index (χ1) is 9.43. The quantitative estimate of drug-likeness (QED) is 0.919. The Balaban J connectivity index is 2.10. The fourth-order valence-electron chi connectivity index (χ4n) is 2.26. The zero-order valence-corrected chi connectivity index (χ0v) is 12.7. The van der Waals surface area contributed by atoms with Crippen LogP contribution in [0.25, 0.3) is 0 Å². The molecule has 2 aromatic rings. The van der Waals surface area contributed by atoms with Crippen molar-refractivity contribution in [3.05, 3.63) is 34.4 Å². The first-order valence-electron chi connectivity index (χ1n) is 6.75. The highest BCUT2D eigenvalue weighted by atomic mass is 16.1. The van der Waals surface area contributed by atoms with E-state index in [1.807, 2.05) is 45.6 Å². The lowest BCUT2D eigenvalue weighted by atomic mass is 10.2. The molecule has 6 heteroatoms. The van der Waals surface area contributed by atoms with E-state index in [1.54, 1.807) is 4.68 Å². The lowest BCUT2D eigenvalue weighted by Crippen LogP contribution is -2.24. The molecule has 2 aromatic heterocycles. The number of aryl methyl sites for hydroxylation is 4. The van der Waals surface area contributed by atoms with Gasteiger partial charge in [-0.15, -0.1) is 0 Å². The normalized spacial score (nSPS) is 10.8. The monoisotopic (exact) mass is 275 g/mol. The van der Waals surface area contributed by atoms with Gasteiger partial charge in [0.2, 0.25) is 0 Å². The van der Waals surface area contributed by atoms with Gasteiger partial charge in [0, 0.05) is 37.6 Å². The second kappa shape index (κ2) is 5.48. The summed E-state index contributed by atoms with van der Waals surface area (Å²) in [7, 11) is 1.84. The topological polar surface area (TPSA) is 64.7 Å². The van der Waals surface area contributed by atoms with Gasteiger partial charge in [-0.3, -0.25) is 14.2 Å². The van der Waals surface area contributed by atoms with Gasteiger partial charge in [0.1, 0.15) is 0 Å².